The number of carbonyl (C=O) groups excluding carboxylic acids is 1. The Bertz CT molecular complexity index is 960. The first-order valence-corrected chi connectivity index (χ1v) is 9.05. The number of carbonyl (C=O) groups is 1. The fourth-order valence-electron chi connectivity index (χ4n) is 3.55. The van der Waals surface area contributed by atoms with E-state index in [2.05, 4.69) is 33.5 Å². The van der Waals surface area contributed by atoms with Crippen LogP contribution in [0.2, 0.25) is 0 Å². The van der Waals surface area contributed by atoms with Crippen LogP contribution in [0.15, 0.2) is 36.5 Å². The number of nitrogens with zero attached hydrogens (tertiary/aromatic N) is 6. The smallest absolute Gasteiger partial charge is 0.322 e. The van der Waals surface area contributed by atoms with Crippen molar-refractivity contribution < 1.29 is 4.79 Å². The fraction of sp³-hybridized carbons (Fsp3) is 0.368. The van der Waals surface area contributed by atoms with Gasteiger partial charge in [0.2, 0.25) is 0 Å². The minimum absolute atomic E-state index is 0.116. The molecule has 3 aromatic rings. The van der Waals surface area contributed by atoms with Crippen LogP contribution in [0.1, 0.15) is 23.9 Å². The zero-order chi connectivity index (χ0) is 19.0. The molecule has 27 heavy (non-hydrogen) atoms. The molecule has 0 aliphatic carbocycles. The van der Waals surface area contributed by atoms with Gasteiger partial charge in [-0.2, -0.15) is 10.2 Å². The maximum atomic E-state index is 12.7. The number of anilines is 1. The van der Waals surface area contributed by atoms with Gasteiger partial charge in [-0.1, -0.05) is 6.07 Å². The molecule has 8 heteroatoms. The van der Waals surface area contributed by atoms with Crippen molar-refractivity contribution in [3.63, 3.8) is 0 Å². The third kappa shape index (κ3) is 3.42. The van der Waals surface area contributed by atoms with Gasteiger partial charge in [0.05, 0.1) is 17.4 Å². The molecular weight excluding hydrogens is 342 g/mol. The molecule has 0 saturated carbocycles. The lowest BCUT2D eigenvalue weighted by Crippen LogP contribution is -2.34. The molecule has 1 atom stereocenters. The number of hydrogen-bond donors (Lipinski definition) is 1. The maximum absolute atomic E-state index is 12.7. The van der Waals surface area contributed by atoms with E-state index in [0.717, 1.165) is 29.2 Å². The van der Waals surface area contributed by atoms with Crippen molar-refractivity contribution in [3.05, 3.63) is 47.9 Å². The molecule has 1 aliphatic heterocycles. The Morgan fingerprint density at radius 2 is 2.04 bits per heavy atom. The third-order valence-corrected chi connectivity index (χ3v) is 4.88. The fourth-order valence-corrected chi connectivity index (χ4v) is 3.55. The van der Waals surface area contributed by atoms with E-state index >= 15 is 0 Å². The molecule has 4 rings (SSSR count). The normalized spacial score (nSPS) is 16.7. The summed E-state index contributed by atoms with van der Waals surface area (Å²) in [6.07, 6.45) is 2.63. The summed E-state index contributed by atoms with van der Waals surface area (Å²) < 4.78 is 3.70. The molecule has 0 radical (unpaired) electrons. The molecule has 3 aromatic heterocycles. The van der Waals surface area contributed by atoms with Gasteiger partial charge in [-0.15, -0.1) is 0 Å². The van der Waals surface area contributed by atoms with Crippen LogP contribution in [0.25, 0.3) is 11.4 Å². The van der Waals surface area contributed by atoms with Crippen LogP contribution in [0.3, 0.4) is 0 Å². The van der Waals surface area contributed by atoms with E-state index in [4.69, 9.17) is 0 Å². The molecule has 4 heterocycles. The second-order valence-corrected chi connectivity index (χ2v) is 6.94. The Kier molecular flexibility index (Phi) is 4.39. The van der Waals surface area contributed by atoms with Crippen LogP contribution in [0, 0.1) is 13.8 Å². The van der Waals surface area contributed by atoms with Crippen molar-refractivity contribution in [1.82, 2.24) is 29.4 Å². The van der Waals surface area contributed by atoms with Gasteiger partial charge in [0.15, 0.2) is 0 Å². The molecule has 1 N–H and O–H groups in total. The highest BCUT2D eigenvalue weighted by Gasteiger charge is 2.29. The minimum atomic E-state index is -0.116. The van der Waals surface area contributed by atoms with Crippen LogP contribution in [-0.4, -0.2) is 48.6 Å². The minimum Gasteiger partial charge on any atom is -0.322 e. The van der Waals surface area contributed by atoms with Crippen LogP contribution in [-0.2, 0) is 7.05 Å². The predicted molar refractivity (Wildman–Crippen MR) is 102 cm³/mol. The number of amides is 2. The number of rotatable bonds is 3. The average Bonchev–Trinajstić information content (AvgIpc) is 3.35. The highest BCUT2D eigenvalue weighted by Crippen LogP contribution is 2.24. The van der Waals surface area contributed by atoms with Crippen molar-refractivity contribution in [2.75, 3.05) is 18.4 Å². The van der Waals surface area contributed by atoms with Crippen LogP contribution >= 0.6 is 0 Å². The number of aryl methyl sites for hydroxylation is 3. The van der Waals surface area contributed by atoms with E-state index in [1.54, 1.807) is 10.9 Å². The Morgan fingerprint density at radius 3 is 2.74 bits per heavy atom. The lowest BCUT2D eigenvalue weighted by molar-refractivity contribution is 0.220. The standard InChI is InChI=1S/C19H23N7O/c1-13-10-14(2)26(22-13)15-7-9-25(12-15)19(27)21-18-11-17(23-24(18)3)16-6-4-5-8-20-16/h4-6,8,10-11,15H,7,9,12H2,1-3H3,(H,21,27)/t15-/m0/s1. The Labute approximate surface area is 157 Å². The van der Waals surface area contributed by atoms with Crippen molar-refractivity contribution in [2.24, 2.45) is 7.05 Å². The highest BCUT2D eigenvalue weighted by molar-refractivity contribution is 5.89. The summed E-state index contributed by atoms with van der Waals surface area (Å²) in [5, 5.41) is 12.0. The summed E-state index contributed by atoms with van der Waals surface area (Å²) in [6.45, 7) is 5.40. The third-order valence-electron chi connectivity index (χ3n) is 4.88. The number of likely N-dealkylation sites (tertiary alicyclic amines) is 1. The zero-order valence-electron chi connectivity index (χ0n) is 15.8. The highest BCUT2D eigenvalue weighted by atomic mass is 16.2. The van der Waals surface area contributed by atoms with Gasteiger partial charge in [0.1, 0.15) is 11.5 Å². The van der Waals surface area contributed by atoms with Crippen molar-refractivity contribution in [1.29, 1.82) is 0 Å². The van der Waals surface area contributed by atoms with Gasteiger partial charge in [0.25, 0.3) is 0 Å². The molecule has 0 spiro atoms. The van der Waals surface area contributed by atoms with Crippen LogP contribution in [0.4, 0.5) is 10.6 Å². The number of urea groups is 1. The Hall–Kier alpha value is -3.16. The summed E-state index contributed by atoms with van der Waals surface area (Å²) in [4.78, 5) is 18.8. The number of hydrogen-bond acceptors (Lipinski definition) is 4. The van der Waals surface area contributed by atoms with Gasteiger partial charge in [0, 0.05) is 38.1 Å². The average molecular weight is 365 g/mol. The molecule has 0 aromatic carbocycles. The van der Waals surface area contributed by atoms with Gasteiger partial charge < -0.3 is 4.90 Å². The lowest BCUT2D eigenvalue weighted by atomic mass is 10.2. The first kappa shape index (κ1) is 17.3. The summed E-state index contributed by atoms with van der Waals surface area (Å²) in [5.74, 6) is 0.648. The van der Waals surface area contributed by atoms with Crippen molar-refractivity contribution >= 4 is 11.8 Å². The number of aromatic nitrogens is 5. The Balaban J connectivity index is 1.44. The van der Waals surface area contributed by atoms with E-state index < -0.39 is 0 Å². The SMILES string of the molecule is Cc1cc(C)n([C@H]2CCN(C(=O)Nc3cc(-c4ccccn4)nn3C)C2)n1. The Morgan fingerprint density at radius 1 is 1.19 bits per heavy atom. The van der Waals surface area contributed by atoms with Gasteiger partial charge in [-0.25, -0.2) is 4.79 Å². The number of nitrogens with one attached hydrogen (secondary N) is 1. The van der Waals surface area contributed by atoms with E-state index in [1.807, 2.05) is 47.8 Å². The molecule has 8 nitrogen and oxygen atoms in total. The second kappa shape index (κ2) is 6.86. The molecule has 140 valence electrons. The van der Waals surface area contributed by atoms with Gasteiger partial charge in [-0.05, 0) is 38.5 Å². The summed E-state index contributed by atoms with van der Waals surface area (Å²) in [6, 6.07) is 9.69. The molecule has 1 fully saturated rings. The van der Waals surface area contributed by atoms with Gasteiger partial charge >= 0.3 is 6.03 Å². The number of pyridine rings is 1. The van der Waals surface area contributed by atoms with E-state index in [1.165, 1.54) is 0 Å². The first-order valence-electron chi connectivity index (χ1n) is 9.05. The zero-order valence-corrected chi connectivity index (χ0v) is 15.8. The summed E-state index contributed by atoms with van der Waals surface area (Å²) >= 11 is 0. The lowest BCUT2D eigenvalue weighted by Gasteiger charge is -2.18. The predicted octanol–water partition coefficient (Wildman–Crippen LogP) is 2.77. The van der Waals surface area contributed by atoms with E-state index in [-0.39, 0.29) is 12.1 Å². The summed E-state index contributed by atoms with van der Waals surface area (Å²) in [5.41, 5.74) is 3.65. The molecular formula is C19H23N7O. The molecule has 2 amide bonds. The largest absolute Gasteiger partial charge is 0.323 e. The second-order valence-electron chi connectivity index (χ2n) is 6.94. The summed E-state index contributed by atoms with van der Waals surface area (Å²) in [7, 11) is 1.81. The quantitative estimate of drug-likeness (QED) is 0.774. The molecule has 0 bridgehead atoms. The van der Waals surface area contributed by atoms with Crippen LogP contribution in [0.5, 0.6) is 0 Å². The van der Waals surface area contributed by atoms with Crippen molar-refractivity contribution in [3.8, 4) is 11.4 Å². The topological polar surface area (TPSA) is 80.9 Å². The molecule has 1 saturated heterocycles. The maximum Gasteiger partial charge on any atom is 0.323 e. The van der Waals surface area contributed by atoms with E-state index in [0.29, 0.717) is 18.9 Å². The molecule has 0 unspecified atom stereocenters. The van der Waals surface area contributed by atoms with Crippen LogP contribution < -0.4 is 5.32 Å². The first-order chi connectivity index (χ1) is 13.0. The monoisotopic (exact) mass is 365 g/mol. The van der Waals surface area contributed by atoms with Gasteiger partial charge in [-0.3, -0.25) is 19.7 Å². The van der Waals surface area contributed by atoms with E-state index in [9.17, 15) is 4.79 Å². The molecule has 1 aliphatic rings. The van der Waals surface area contributed by atoms with Crippen molar-refractivity contribution in [2.45, 2.75) is 26.3 Å².